The van der Waals surface area contributed by atoms with Gasteiger partial charge in [-0.2, -0.15) is 0 Å². The van der Waals surface area contributed by atoms with Gasteiger partial charge in [0.25, 0.3) is 0 Å². The number of hydrogen-bond donors (Lipinski definition) is 0. The first-order valence-corrected chi connectivity index (χ1v) is 8.37. The van der Waals surface area contributed by atoms with E-state index in [-0.39, 0.29) is 11.9 Å². The van der Waals surface area contributed by atoms with E-state index >= 15 is 0 Å². The number of amides is 1. The van der Waals surface area contributed by atoms with Gasteiger partial charge in [0.15, 0.2) is 0 Å². The maximum atomic E-state index is 12.5. The van der Waals surface area contributed by atoms with E-state index in [2.05, 4.69) is 0 Å². The monoisotopic (exact) mass is 339 g/mol. The summed E-state index contributed by atoms with van der Waals surface area (Å²) < 4.78 is 10.8. The highest BCUT2D eigenvalue weighted by Gasteiger charge is 2.18. The van der Waals surface area contributed by atoms with Crippen LogP contribution in [0.25, 0.3) is 6.08 Å². The van der Waals surface area contributed by atoms with E-state index < -0.39 is 0 Å². The van der Waals surface area contributed by atoms with Crippen LogP contribution in [-0.2, 0) is 4.79 Å². The van der Waals surface area contributed by atoms with Gasteiger partial charge in [-0.25, -0.2) is 0 Å². The molecule has 0 N–H and O–H groups in total. The van der Waals surface area contributed by atoms with E-state index in [9.17, 15) is 4.79 Å². The fourth-order valence-electron chi connectivity index (χ4n) is 2.54. The standard InChI is InChI=1S/C21H25NO3/c1-5-25-18-13-10-17(11-14-18)12-15-21(23)22(3)16(2)19-8-6-7-9-20(19)24-4/h6-16H,5H2,1-4H3/b15-12+/t16-/m0/s1. The van der Waals surface area contributed by atoms with Crippen molar-refractivity contribution >= 4 is 12.0 Å². The van der Waals surface area contributed by atoms with Crippen LogP contribution in [0.3, 0.4) is 0 Å². The molecule has 0 aliphatic heterocycles. The molecule has 0 saturated carbocycles. The van der Waals surface area contributed by atoms with Gasteiger partial charge in [-0.3, -0.25) is 4.79 Å². The van der Waals surface area contributed by atoms with Crippen LogP contribution in [0.5, 0.6) is 11.5 Å². The van der Waals surface area contributed by atoms with Crippen LogP contribution in [0.4, 0.5) is 0 Å². The number of rotatable bonds is 7. The molecule has 2 rings (SSSR count). The Morgan fingerprint density at radius 2 is 1.84 bits per heavy atom. The average molecular weight is 339 g/mol. The van der Waals surface area contributed by atoms with Crippen LogP contribution in [-0.4, -0.2) is 31.6 Å². The first kappa shape index (κ1) is 18.6. The molecule has 4 heteroatoms. The molecule has 0 spiro atoms. The first-order valence-electron chi connectivity index (χ1n) is 8.37. The number of carbonyl (C=O) groups is 1. The lowest BCUT2D eigenvalue weighted by atomic mass is 10.1. The van der Waals surface area contributed by atoms with E-state index in [1.165, 1.54) is 0 Å². The van der Waals surface area contributed by atoms with Crippen molar-refractivity contribution in [3.05, 3.63) is 65.7 Å². The molecule has 0 radical (unpaired) electrons. The lowest BCUT2D eigenvalue weighted by Crippen LogP contribution is -2.28. The minimum atomic E-state index is -0.0892. The Hall–Kier alpha value is -2.75. The Bertz CT molecular complexity index is 722. The number of methoxy groups -OCH3 is 1. The molecule has 0 bridgehead atoms. The number of carbonyl (C=O) groups excluding carboxylic acids is 1. The predicted octanol–water partition coefficient (Wildman–Crippen LogP) is 4.33. The second-order valence-corrected chi connectivity index (χ2v) is 5.70. The van der Waals surface area contributed by atoms with Crippen LogP contribution < -0.4 is 9.47 Å². The van der Waals surface area contributed by atoms with Crippen molar-refractivity contribution in [3.63, 3.8) is 0 Å². The van der Waals surface area contributed by atoms with Gasteiger partial charge in [-0.05, 0) is 43.7 Å². The highest BCUT2D eigenvalue weighted by Crippen LogP contribution is 2.28. The zero-order valence-electron chi connectivity index (χ0n) is 15.2. The minimum Gasteiger partial charge on any atom is -0.496 e. The Morgan fingerprint density at radius 3 is 2.48 bits per heavy atom. The molecule has 0 fully saturated rings. The molecule has 132 valence electrons. The zero-order chi connectivity index (χ0) is 18.2. The average Bonchev–Trinajstić information content (AvgIpc) is 2.66. The molecule has 2 aromatic carbocycles. The molecule has 0 unspecified atom stereocenters. The Balaban J connectivity index is 2.06. The van der Waals surface area contributed by atoms with Crippen molar-refractivity contribution in [3.8, 4) is 11.5 Å². The molecule has 4 nitrogen and oxygen atoms in total. The lowest BCUT2D eigenvalue weighted by Gasteiger charge is -2.25. The fraction of sp³-hybridized carbons (Fsp3) is 0.286. The summed E-state index contributed by atoms with van der Waals surface area (Å²) in [6.07, 6.45) is 3.39. The molecular weight excluding hydrogens is 314 g/mol. The van der Waals surface area contributed by atoms with Crippen LogP contribution in [0.15, 0.2) is 54.6 Å². The van der Waals surface area contributed by atoms with E-state index in [0.29, 0.717) is 6.61 Å². The Kier molecular flexibility index (Phi) is 6.63. The van der Waals surface area contributed by atoms with E-state index in [4.69, 9.17) is 9.47 Å². The van der Waals surface area contributed by atoms with Crippen molar-refractivity contribution in [1.29, 1.82) is 0 Å². The number of para-hydroxylation sites is 1. The van der Waals surface area contributed by atoms with Gasteiger partial charge in [0.1, 0.15) is 11.5 Å². The first-order chi connectivity index (χ1) is 12.1. The van der Waals surface area contributed by atoms with Gasteiger partial charge in [0.2, 0.25) is 5.91 Å². The number of benzene rings is 2. The third kappa shape index (κ3) is 4.86. The largest absolute Gasteiger partial charge is 0.496 e. The maximum absolute atomic E-state index is 12.5. The quantitative estimate of drug-likeness (QED) is 0.705. The minimum absolute atomic E-state index is 0.0627. The van der Waals surface area contributed by atoms with Crippen molar-refractivity contribution in [2.75, 3.05) is 20.8 Å². The normalized spacial score (nSPS) is 12.0. The maximum Gasteiger partial charge on any atom is 0.246 e. The molecule has 2 aromatic rings. The number of nitrogens with zero attached hydrogens (tertiary/aromatic N) is 1. The number of ether oxygens (including phenoxy) is 2. The van der Waals surface area contributed by atoms with Gasteiger partial charge in [0.05, 0.1) is 19.8 Å². The van der Waals surface area contributed by atoms with E-state index in [0.717, 1.165) is 22.6 Å². The summed E-state index contributed by atoms with van der Waals surface area (Å²) >= 11 is 0. The van der Waals surface area contributed by atoms with Crippen LogP contribution in [0, 0.1) is 0 Å². The van der Waals surface area contributed by atoms with Crippen LogP contribution >= 0.6 is 0 Å². The van der Waals surface area contributed by atoms with Gasteiger partial charge in [-0.1, -0.05) is 30.3 Å². The molecule has 0 saturated heterocycles. The summed E-state index contributed by atoms with van der Waals surface area (Å²) in [4.78, 5) is 14.2. The summed E-state index contributed by atoms with van der Waals surface area (Å²) in [6, 6.07) is 15.3. The molecule has 1 amide bonds. The van der Waals surface area contributed by atoms with Gasteiger partial charge >= 0.3 is 0 Å². The second kappa shape index (κ2) is 8.92. The van der Waals surface area contributed by atoms with Crippen molar-refractivity contribution in [1.82, 2.24) is 4.90 Å². The molecule has 0 aliphatic carbocycles. The van der Waals surface area contributed by atoms with Crippen LogP contribution in [0.2, 0.25) is 0 Å². The van der Waals surface area contributed by atoms with Crippen molar-refractivity contribution < 1.29 is 14.3 Å². The Morgan fingerprint density at radius 1 is 1.16 bits per heavy atom. The van der Waals surface area contributed by atoms with E-state index in [1.807, 2.05) is 68.5 Å². The third-order valence-electron chi connectivity index (χ3n) is 4.13. The van der Waals surface area contributed by atoms with E-state index in [1.54, 1.807) is 25.1 Å². The summed E-state index contributed by atoms with van der Waals surface area (Å²) in [5.41, 5.74) is 1.94. The SMILES string of the molecule is CCOc1ccc(/C=C/C(=O)N(C)[C@@H](C)c2ccccc2OC)cc1. The summed E-state index contributed by atoms with van der Waals surface area (Å²) in [7, 11) is 3.43. The lowest BCUT2D eigenvalue weighted by molar-refractivity contribution is -0.126. The van der Waals surface area contributed by atoms with Gasteiger partial charge < -0.3 is 14.4 Å². The summed E-state index contributed by atoms with van der Waals surface area (Å²) in [5.74, 6) is 1.55. The fourth-order valence-corrected chi connectivity index (χ4v) is 2.54. The van der Waals surface area contributed by atoms with Crippen LogP contribution in [0.1, 0.15) is 31.0 Å². The van der Waals surface area contributed by atoms with Gasteiger partial charge in [-0.15, -0.1) is 0 Å². The highest BCUT2D eigenvalue weighted by molar-refractivity contribution is 5.91. The number of hydrogen-bond acceptors (Lipinski definition) is 3. The second-order valence-electron chi connectivity index (χ2n) is 5.70. The van der Waals surface area contributed by atoms with Crippen molar-refractivity contribution in [2.24, 2.45) is 0 Å². The smallest absolute Gasteiger partial charge is 0.246 e. The molecule has 25 heavy (non-hydrogen) atoms. The number of likely N-dealkylation sites (N-methyl/N-ethyl adjacent to an activating group) is 1. The summed E-state index contributed by atoms with van der Waals surface area (Å²) in [6.45, 7) is 4.57. The highest BCUT2D eigenvalue weighted by atomic mass is 16.5. The van der Waals surface area contributed by atoms with Gasteiger partial charge in [0, 0.05) is 18.7 Å². The Labute approximate surface area is 149 Å². The molecule has 0 aromatic heterocycles. The molecule has 1 atom stereocenters. The van der Waals surface area contributed by atoms with Crippen molar-refractivity contribution in [2.45, 2.75) is 19.9 Å². The summed E-state index contributed by atoms with van der Waals surface area (Å²) in [5, 5.41) is 0. The topological polar surface area (TPSA) is 38.8 Å². The third-order valence-corrected chi connectivity index (χ3v) is 4.13. The predicted molar refractivity (Wildman–Crippen MR) is 101 cm³/mol. The zero-order valence-corrected chi connectivity index (χ0v) is 15.2. The molecular formula is C21H25NO3. The molecule has 0 aliphatic rings. The molecule has 0 heterocycles.